The van der Waals surface area contributed by atoms with Crippen LogP contribution in [0, 0.1) is 0 Å². The fourth-order valence-corrected chi connectivity index (χ4v) is 2.67. The van der Waals surface area contributed by atoms with Crippen molar-refractivity contribution in [3.63, 3.8) is 0 Å². The van der Waals surface area contributed by atoms with Crippen molar-refractivity contribution in [2.75, 3.05) is 6.61 Å². The largest absolute Gasteiger partial charge is 0.394 e. The van der Waals surface area contributed by atoms with E-state index >= 15 is 0 Å². The zero-order chi connectivity index (χ0) is 12.8. The number of nitrogens with zero attached hydrogens (tertiary/aromatic N) is 1. The van der Waals surface area contributed by atoms with Crippen molar-refractivity contribution < 1.29 is 9.90 Å². The first-order valence-electron chi connectivity index (χ1n) is 6.77. The molecular formula is C14H22N2O2. The maximum atomic E-state index is 11.9. The third-order valence-electron chi connectivity index (χ3n) is 3.75. The summed E-state index contributed by atoms with van der Waals surface area (Å²) in [4.78, 5) is 11.9. The quantitative estimate of drug-likeness (QED) is 0.807. The van der Waals surface area contributed by atoms with Crippen molar-refractivity contribution in [2.24, 2.45) is 0 Å². The number of hydrogen-bond acceptors (Lipinski definition) is 2. The normalized spacial score (nSPS) is 17.8. The molecule has 0 aliphatic heterocycles. The Hall–Kier alpha value is -1.29. The van der Waals surface area contributed by atoms with E-state index in [1.807, 2.05) is 24.5 Å². The van der Waals surface area contributed by atoms with Gasteiger partial charge in [-0.25, -0.2) is 0 Å². The van der Waals surface area contributed by atoms with Gasteiger partial charge in [-0.2, -0.15) is 0 Å². The first-order chi connectivity index (χ1) is 8.74. The van der Waals surface area contributed by atoms with Gasteiger partial charge in [0.15, 0.2) is 0 Å². The Balaban J connectivity index is 1.71. The first kappa shape index (κ1) is 13.1. The number of carbonyl (C=O) groups excluding carboxylic acids is 1. The van der Waals surface area contributed by atoms with Gasteiger partial charge in [-0.1, -0.05) is 12.8 Å². The van der Waals surface area contributed by atoms with Crippen molar-refractivity contribution in [3.05, 3.63) is 24.5 Å². The van der Waals surface area contributed by atoms with Crippen LogP contribution in [-0.2, 0) is 11.3 Å². The highest BCUT2D eigenvalue weighted by Gasteiger charge is 2.34. The molecule has 0 unspecified atom stereocenters. The number of nitrogens with one attached hydrogen (secondary N) is 1. The van der Waals surface area contributed by atoms with E-state index in [1.165, 1.54) is 0 Å². The molecule has 1 heterocycles. The predicted octanol–water partition coefficient (Wildman–Crippen LogP) is 1.69. The molecule has 1 aromatic heterocycles. The highest BCUT2D eigenvalue weighted by molar-refractivity contribution is 5.76. The van der Waals surface area contributed by atoms with Crippen LogP contribution in [0.25, 0.3) is 0 Å². The van der Waals surface area contributed by atoms with Gasteiger partial charge in [0, 0.05) is 25.4 Å². The van der Waals surface area contributed by atoms with Crippen LogP contribution >= 0.6 is 0 Å². The maximum absolute atomic E-state index is 11.9. The smallest absolute Gasteiger partial charge is 0.220 e. The standard InChI is InChI=1S/C14H22N2O2/c17-12-14(7-1-2-8-14)15-13(18)6-5-11-16-9-3-4-10-16/h3-4,9-10,17H,1-2,5-8,11-12H2,(H,15,18). The highest BCUT2D eigenvalue weighted by Crippen LogP contribution is 2.29. The minimum absolute atomic E-state index is 0.0658. The van der Waals surface area contributed by atoms with E-state index in [-0.39, 0.29) is 18.1 Å². The molecule has 2 N–H and O–H groups in total. The fourth-order valence-electron chi connectivity index (χ4n) is 2.67. The molecule has 18 heavy (non-hydrogen) atoms. The lowest BCUT2D eigenvalue weighted by atomic mass is 9.98. The molecular weight excluding hydrogens is 228 g/mol. The molecule has 0 saturated heterocycles. The number of hydrogen-bond donors (Lipinski definition) is 2. The van der Waals surface area contributed by atoms with E-state index in [9.17, 15) is 9.90 Å². The highest BCUT2D eigenvalue weighted by atomic mass is 16.3. The Morgan fingerprint density at radius 3 is 2.56 bits per heavy atom. The summed E-state index contributed by atoms with van der Waals surface area (Å²) in [5.41, 5.74) is -0.329. The van der Waals surface area contributed by atoms with Crippen molar-refractivity contribution in [3.8, 4) is 0 Å². The fraction of sp³-hybridized carbons (Fsp3) is 0.643. The third kappa shape index (κ3) is 3.35. The van der Waals surface area contributed by atoms with Crippen molar-refractivity contribution >= 4 is 5.91 Å². The molecule has 1 aliphatic carbocycles. The summed E-state index contributed by atoms with van der Waals surface area (Å²) in [6.07, 6.45) is 9.39. The van der Waals surface area contributed by atoms with Gasteiger partial charge < -0.3 is 15.0 Å². The third-order valence-corrected chi connectivity index (χ3v) is 3.75. The van der Waals surface area contributed by atoms with Crippen LogP contribution in [-0.4, -0.2) is 27.7 Å². The minimum Gasteiger partial charge on any atom is -0.394 e. The molecule has 1 aromatic rings. The summed E-state index contributed by atoms with van der Waals surface area (Å²) in [6, 6.07) is 3.97. The van der Waals surface area contributed by atoms with Crippen LogP contribution in [0.1, 0.15) is 38.5 Å². The second-order valence-corrected chi connectivity index (χ2v) is 5.22. The topological polar surface area (TPSA) is 54.3 Å². The molecule has 0 bridgehead atoms. The van der Waals surface area contributed by atoms with Crippen LogP contribution in [0.2, 0.25) is 0 Å². The van der Waals surface area contributed by atoms with Gasteiger partial charge in [0.2, 0.25) is 5.91 Å². The van der Waals surface area contributed by atoms with Gasteiger partial charge in [-0.05, 0) is 31.4 Å². The predicted molar refractivity (Wildman–Crippen MR) is 70.1 cm³/mol. The SMILES string of the molecule is O=C(CCCn1cccc1)NC1(CO)CCCC1. The summed E-state index contributed by atoms with van der Waals surface area (Å²) >= 11 is 0. The van der Waals surface area contributed by atoms with E-state index in [1.54, 1.807) is 0 Å². The average molecular weight is 250 g/mol. The molecule has 2 rings (SSSR count). The molecule has 1 fully saturated rings. The lowest BCUT2D eigenvalue weighted by Gasteiger charge is -2.28. The van der Waals surface area contributed by atoms with Gasteiger partial charge in [0.25, 0.3) is 0 Å². The Bertz CT molecular complexity index is 367. The molecule has 0 spiro atoms. The second kappa shape index (κ2) is 6.05. The Morgan fingerprint density at radius 2 is 1.94 bits per heavy atom. The summed E-state index contributed by atoms with van der Waals surface area (Å²) in [7, 11) is 0. The number of aryl methyl sites for hydroxylation is 1. The monoisotopic (exact) mass is 250 g/mol. The molecule has 1 aliphatic rings. The molecule has 1 amide bonds. The Labute approximate surface area is 108 Å². The van der Waals surface area contributed by atoms with Crippen LogP contribution in [0.4, 0.5) is 0 Å². The molecule has 100 valence electrons. The Kier molecular flexibility index (Phi) is 4.42. The van der Waals surface area contributed by atoms with E-state index in [0.717, 1.165) is 38.6 Å². The van der Waals surface area contributed by atoms with Gasteiger partial charge in [-0.15, -0.1) is 0 Å². The van der Waals surface area contributed by atoms with Crippen LogP contribution in [0.15, 0.2) is 24.5 Å². The number of aromatic nitrogens is 1. The summed E-state index contributed by atoms with van der Waals surface area (Å²) in [5, 5.41) is 12.4. The van der Waals surface area contributed by atoms with E-state index in [0.29, 0.717) is 6.42 Å². The average Bonchev–Trinajstić information content (AvgIpc) is 3.01. The summed E-state index contributed by atoms with van der Waals surface area (Å²) in [6.45, 7) is 0.933. The molecule has 1 saturated carbocycles. The van der Waals surface area contributed by atoms with Crippen LogP contribution in [0.3, 0.4) is 0 Å². The molecule has 4 nitrogen and oxygen atoms in total. The number of carbonyl (C=O) groups is 1. The number of aliphatic hydroxyl groups excluding tert-OH is 1. The summed E-state index contributed by atoms with van der Waals surface area (Å²) in [5.74, 6) is 0.0677. The number of rotatable bonds is 6. The van der Waals surface area contributed by atoms with Crippen molar-refractivity contribution in [1.29, 1.82) is 0 Å². The van der Waals surface area contributed by atoms with Gasteiger partial charge in [-0.3, -0.25) is 4.79 Å². The first-order valence-corrected chi connectivity index (χ1v) is 6.77. The molecule has 0 atom stereocenters. The second-order valence-electron chi connectivity index (χ2n) is 5.22. The maximum Gasteiger partial charge on any atom is 0.220 e. The molecule has 0 aromatic carbocycles. The zero-order valence-corrected chi connectivity index (χ0v) is 10.8. The minimum atomic E-state index is -0.329. The lowest BCUT2D eigenvalue weighted by Crippen LogP contribution is -2.49. The van der Waals surface area contributed by atoms with Crippen LogP contribution in [0.5, 0.6) is 0 Å². The van der Waals surface area contributed by atoms with E-state index in [2.05, 4.69) is 9.88 Å². The van der Waals surface area contributed by atoms with E-state index < -0.39 is 0 Å². The summed E-state index contributed by atoms with van der Waals surface area (Å²) < 4.78 is 2.07. The van der Waals surface area contributed by atoms with Gasteiger partial charge >= 0.3 is 0 Å². The van der Waals surface area contributed by atoms with Crippen molar-refractivity contribution in [1.82, 2.24) is 9.88 Å². The van der Waals surface area contributed by atoms with Crippen LogP contribution < -0.4 is 5.32 Å². The molecule has 4 heteroatoms. The van der Waals surface area contributed by atoms with Gasteiger partial charge in [0.1, 0.15) is 0 Å². The Morgan fingerprint density at radius 1 is 1.28 bits per heavy atom. The zero-order valence-electron chi connectivity index (χ0n) is 10.8. The number of amides is 1. The molecule has 0 radical (unpaired) electrons. The van der Waals surface area contributed by atoms with Gasteiger partial charge in [0.05, 0.1) is 12.1 Å². The number of aliphatic hydroxyl groups is 1. The van der Waals surface area contributed by atoms with Crippen molar-refractivity contribution in [2.45, 2.75) is 50.6 Å². The lowest BCUT2D eigenvalue weighted by molar-refractivity contribution is -0.123. The van der Waals surface area contributed by atoms with E-state index in [4.69, 9.17) is 0 Å².